The van der Waals surface area contributed by atoms with Gasteiger partial charge in [0.05, 0.1) is 24.2 Å². The number of benzene rings is 2. The Balaban J connectivity index is 1.60. The molecule has 0 aromatic heterocycles. The molecule has 0 amide bonds. The molecule has 160 valence electrons. The number of fused-ring (bicyclic) bond motifs is 1. The van der Waals surface area contributed by atoms with Gasteiger partial charge < -0.3 is 10.6 Å². The van der Waals surface area contributed by atoms with Gasteiger partial charge in [0.1, 0.15) is 17.7 Å². The maximum Gasteiger partial charge on any atom is 0.184 e. The first-order valence-electron chi connectivity index (χ1n) is 10.1. The van der Waals surface area contributed by atoms with E-state index < -0.39 is 23.7 Å². The van der Waals surface area contributed by atoms with Crippen molar-refractivity contribution in [1.29, 1.82) is 5.26 Å². The average molecular weight is 430 g/mol. The number of nitriles is 1. The van der Waals surface area contributed by atoms with Crippen LogP contribution in [0.4, 0.5) is 14.5 Å². The first-order valence-corrected chi connectivity index (χ1v) is 10.1. The van der Waals surface area contributed by atoms with Crippen molar-refractivity contribution in [2.75, 3.05) is 11.9 Å². The van der Waals surface area contributed by atoms with Crippen LogP contribution in [0, 0.1) is 23.0 Å². The van der Waals surface area contributed by atoms with Crippen LogP contribution in [0.3, 0.4) is 0 Å². The lowest BCUT2D eigenvalue weighted by molar-refractivity contribution is -0.116. The summed E-state index contributed by atoms with van der Waals surface area (Å²) in [4.78, 5) is 17.3. The molecule has 2 N–H and O–H groups in total. The number of carbonyl (C=O) groups is 1. The van der Waals surface area contributed by atoms with Gasteiger partial charge in [-0.2, -0.15) is 5.26 Å². The first-order chi connectivity index (χ1) is 15.4. The van der Waals surface area contributed by atoms with E-state index in [1.54, 1.807) is 49.4 Å². The van der Waals surface area contributed by atoms with Gasteiger partial charge in [0.25, 0.3) is 0 Å². The van der Waals surface area contributed by atoms with Gasteiger partial charge in [-0.1, -0.05) is 12.2 Å². The van der Waals surface area contributed by atoms with Gasteiger partial charge in [-0.05, 0) is 55.0 Å². The molecule has 2 aromatic rings. The summed E-state index contributed by atoms with van der Waals surface area (Å²) in [5.74, 6) is -1.48. The van der Waals surface area contributed by atoms with E-state index in [2.05, 4.69) is 21.7 Å². The van der Waals surface area contributed by atoms with E-state index >= 15 is 0 Å². The van der Waals surface area contributed by atoms with Crippen molar-refractivity contribution in [3.63, 3.8) is 0 Å². The molecule has 0 spiro atoms. The highest BCUT2D eigenvalue weighted by atomic mass is 19.1. The summed E-state index contributed by atoms with van der Waals surface area (Å²) >= 11 is 0. The Labute approximate surface area is 184 Å². The van der Waals surface area contributed by atoms with E-state index in [9.17, 15) is 13.6 Å². The Morgan fingerprint density at radius 2 is 1.94 bits per heavy atom. The number of halogens is 2. The lowest BCUT2D eigenvalue weighted by Crippen LogP contribution is -2.47. The third-order valence-corrected chi connectivity index (χ3v) is 5.25. The maximum atomic E-state index is 14.4. The molecular formula is C25H20F2N4O. The number of anilines is 1. The zero-order chi connectivity index (χ0) is 22.7. The minimum Gasteiger partial charge on any atom is -0.379 e. The molecule has 5 nitrogen and oxygen atoms in total. The second-order valence-corrected chi connectivity index (χ2v) is 7.58. The summed E-state index contributed by atoms with van der Waals surface area (Å²) < 4.78 is 27.8. The zero-order valence-corrected chi connectivity index (χ0v) is 17.3. The molecule has 0 radical (unpaired) electrons. The van der Waals surface area contributed by atoms with Crippen LogP contribution in [-0.2, 0) is 4.79 Å². The van der Waals surface area contributed by atoms with Gasteiger partial charge in [-0.15, -0.1) is 0 Å². The number of hydrogen-bond donors (Lipinski definition) is 2. The summed E-state index contributed by atoms with van der Waals surface area (Å²) in [6.07, 6.45) is 6.69. The van der Waals surface area contributed by atoms with E-state index in [0.717, 1.165) is 11.8 Å². The molecule has 0 bridgehead atoms. The fourth-order valence-corrected chi connectivity index (χ4v) is 3.63. The molecule has 32 heavy (non-hydrogen) atoms. The second-order valence-electron chi connectivity index (χ2n) is 7.58. The van der Waals surface area contributed by atoms with Crippen LogP contribution in [0.1, 0.15) is 18.1 Å². The second kappa shape index (κ2) is 8.98. The lowest BCUT2D eigenvalue weighted by atomic mass is 9.92. The fraction of sp³-hybridized carbons (Fsp3) is 0.160. The Hall–Kier alpha value is -4.05. The molecule has 0 saturated heterocycles. The predicted molar refractivity (Wildman–Crippen MR) is 120 cm³/mol. The molecule has 2 aliphatic heterocycles. The van der Waals surface area contributed by atoms with Crippen LogP contribution in [0.15, 0.2) is 77.5 Å². The molecule has 4 rings (SSSR count). The van der Waals surface area contributed by atoms with Gasteiger partial charge in [0.15, 0.2) is 5.78 Å². The maximum absolute atomic E-state index is 14.4. The number of carbonyl (C=O) groups excluding carboxylic acids is 1. The smallest absolute Gasteiger partial charge is 0.184 e. The highest BCUT2D eigenvalue weighted by Crippen LogP contribution is 2.25. The Morgan fingerprint density at radius 3 is 2.66 bits per heavy atom. The fourth-order valence-electron chi connectivity index (χ4n) is 3.63. The minimum absolute atomic E-state index is 0.157. The Kier molecular flexibility index (Phi) is 5.95. The summed E-state index contributed by atoms with van der Waals surface area (Å²) in [6, 6.07) is 11.3. The van der Waals surface area contributed by atoms with E-state index in [1.165, 1.54) is 18.2 Å². The zero-order valence-electron chi connectivity index (χ0n) is 17.3. The third-order valence-electron chi connectivity index (χ3n) is 5.25. The van der Waals surface area contributed by atoms with Crippen LogP contribution in [0.2, 0.25) is 0 Å². The predicted octanol–water partition coefficient (Wildman–Crippen LogP) is 4.16. The number of hydrogen-bond acceptors (Lipinski definition) is 5. The number of aliphatic imine (C=N–C) groups is 1. The first kappa shape index (κ1) is 21.2. The number of allylic oxidation sites excluding steroid dienone is 3. The Morgan fingerprint density at radius 1 is 1.16 bits per heavy atom. The van der Waals surface area contributed by atoms with Crippen molar-refractivity contribution in [3.8, 4) is 6.07 Å². The van der Waals surface area contributed by atoms with Crippen molar-refractivity contribution in [2.24, 2.45) is 4.99 Å². The highest BCUT2D eigenvalue weighted by molar-refractivity contribution is 6.02. The van der Waals surface area contributed by atoms with Crippen LogP contribution in [0.25, 0.3) is 5.57 Å². The largest absolute Gasteiger partial charge is 0.379 e. The van der Waals surface area contributed by atoms with Crippen LogP contribution >= 0.6 is 0 Å². The van der Waals surface area contributed by atoms with Crippen molar-refractivity contribution < 1.29 is 13.6 Å². The van der Waals surface area contributed by atoms with Gasteiger partial charge in [0.2, 0.25) is 0 Å². The molecule has 2 unspecified atom stereocenters. The average Bonchev–Trinajstić information content (AvgIpc) is 2.76. The molecule has 0 saturated carbocycles. The normalized spacial score (nSPS) is 21.6. The third kappa shape index (κ3) is 4.65. The van der Waals surface area contributed by atoms with Gasteiger partial charge in [-0.25, -0.2) is 8.78 Å². The molecule has 0 aliphatic carbocycles. The van der Waals surface area contributed by atoms with E-state index in [1.807, 2.05) is 0 Å². The van der Waals surface area contributed by atoms with Crippen molar-refractivity contribution in [1.82, 2.24) is 5.32 Å². The Bertz CT molecular complexity index is 1220. The van der Waals surface area contributed by atoms with Gasteiger partial charge in [-0.3, -0.25) is 9.79 Å². The summed E-state index contributed by atoms with van der Waals surface area (Å²) in [7, 11) is 0. The molecular weight excluding hydrogens is 410 g/mol. The van der Waals surface area contributed by atoms with Crippen molar-refractivity contribution in [2.45, 2.75) is 19.0 Å². The standard InChI is InChI=1S/C25H20F2N4O/c1-15-2-5-17(21-9-6-18(26)11-22(21)27)10-23-25(30-15)24(32)12-20(31-23)14-29-19-7-3-16(13-28)4-8-19/h2-12,23,25,29,31H,14H2,1H3/b5-2?,17-10-,30-15?. The SMILES string of the molecule is CC1=NC2C(=O)C=C(CNc3ccc(C#N)cc3)NC2/C=C(\c2ccc(F)cc2F)C=C1. The lowest BCUT2D eigenvalue weighted by Gasteiger charge is -2.30. The number of ketones is 1. The number of rotatable bonds is 4. The summed E-state index contributed by atoms with van der Waals surface area (Å²) in [5.41, 5.74) is 3.44. The topological polar surface area (TPSA) is 77.3 Å². The quantitative estimate of drug-likeness (QED) is 0.764. The minimum atomic E-state index is -0.683. The van der Waals surface area contributed by atoms with Crippen LogP contribution < -0.4 is 10.6 Å². The molecule has 2 aliphatic rings. The van der Waals surface area contributed by atoms with Gasteiger partial charge >= 0.3 is 0 Å². The van der Waals surface area contributed by atoms with Gasteiger partial charge in [0, 0.05) is 34.8 Å². The number of nitrogens with zero attached hydrogens (tertiary/aromatic N) is 2. The molecule has 7 heteroatoms. The molecule has 2 atom stereocenters. The summed E-state index contributed by atoms with van der Waals surface area (Å²) in [5, 5.41) is 15.4. The molecule has 0 fully saturated rings. The van der Waals surface area contributed by atoms with Crippen LogP contribution in [-0.4, -0.2) is 30.1 Å². The van der Waals surface area contributed by atoms with Crippen molar-refractivity contribution >= 4 is 22.8 Å². The number of nitrogens with one attached hydrogen (secondary N) is 2. The summed E-state index contributed by atoms with van der Waals surface area (Å²) in [6.45, 7) is 2.13. The van der Waals surface area contributed by atoms with Crippen molar-refractivity contribution in [3.05, 3.63) is 95.2 Å². The monoisotopic (exact) mass is 430 g/mol. The van der Waals surface area contributed by atoms with E-state index in [-0.39, 0.29) is 11.3 Å². The highest BCUT2D eigenvalue weighted by Gasteiger charge is 2.31. The van der Waals surface area contributed by atoms with Crippen LogP contribution in [0.5, 0.6) is 0 Å². The molecule has 2 heterocycles. The van der Waals surface area contributed by atoms with E-state index in [4.69, 9.17) is 5.26 Å². The molecule has 2 aromatic carbocycles. The van der Waals surface area contributed by atoms with E-state index in [0.29, 0.717) is 29.1 Å².